The van der Waals surface area contributed by atoms with Crippen molar-refractivity contribution < 1.29 is 14.3 Å². The molecule has 1 aliphatic rings. The number of fused-ring (bicyclic) bond motifs is 1. The van der Waals surface area contributed by atoms with Crippen LogP contribution < -0.4 is 10.1 Å². The zero-order chi connectivity index (χ0) is 15.5. The van der Waals surface area contributed by atoms with Gasteiger partial charge in [-0.05, 0) is 43.5 Å². The lowest BCUT2D eigenvalue weighted by Crippen LogP contribution is -2.15. The number of aromatic amines is 1. The number of hydrogen-bond donors (Lipinski definition) is 2. The van der Waals surface area contributed by atoms with Gasteiger partial charge in [0.25, 0.3) is 5.91 Å². The lowest BCUT2D eigenvalue weighted by molar-refractivity contribution is 0.0965. The second kappa shape index (κ2) is 6.05. The van der Waals surface area contributed by atoms with Crippen LogP contribution in [0.1, 0.15) is 45.7 Å². The van der Waals surface area contributed by atoms with E-state index < -0.39 is 0 Å². The van der Waals surface area contributed by atoms with Crippen molar-refractivity contribution in [3.63, 3.8) is 0 Å². The van der Waals surface area contributed by atoms with Crippen molar-refractivity contribution in [1.29, 1.82) is 0 Å². The van der Waals surface area contributed by atoms with Crippen LogP contribution in [-0.2, 0) is 6.42 Å². The topological polar surface area (TPSA) is 71.2 Å². The SMILES string of the molecule is COc1ccc(NC(=O)c2c[nH]c3c2C(=O)CCCC3)cc1. The molecule has 22 heavy (non-hydrogen) atoms. The lowest BCUT2D eigenvalue weighted by Gasteiger charge is -2.07. The van der Waals surface area contributed by atoms with Crippen LogP contribution in [0.4, 0.5) is 5.69 Å². The molecule has 1 aromatic carbocycles. The highest BCUT2D eigenvalue weighted by atomic mass is 16.5. The molecule has 1 heterocycles. The third kappa shape index (κ3) is 2.74. The fourth-order valence-electron chi connectivity index (χ4n) is 2.75. The fraction of sp³-hybridized carbons (Fsp3) is 0.294. The Morgan fingerprint density at radius 1 is 1.18 bits per heavy atom. The Morgan fingerprint density at radius 3 is 2.64 bits per heavy atom. The molecule has 0 radical (unpaired) electrons. The van der Waals surface area contributed by atoms with Crippen molar-refractivity contribution in [1.82, 2.24) is 4.98 Å². The van der Waals surface area contributed by atoms with Crippen molar-refractivity contribution in [3.05, 3.63) is 47.3 Å². The number of H-pyrrole nitrogens is 1. The summed E-state index contributed by atoms with van der Waals surface area (Å²) in [6.07, 6.45) is 4.80. The summed E-state index contributed by atoms with van der Waals surface area (Å²) in [5, 5.41) is 2.82. The van der Waals surface area contributed by atoms with E-state index in [2.05, 4.69) is 10.3 Å². The van der Waals surface area contributed by atoms with Crippen molar-refractivity contribution in [2.24, 2.45) is 0 Å². The molecule has 0 bridgehead atoms. The molecule has 5 heteroatoms. The summed E-state index contributed by atoms with van der Waals surface area (Å²) in [5.74, 6) is 0.509. The normalized spacial score (nSPS) is 14.1. The molecule has 0 aliphatic heterocycles. The number of anilines is 1. The number of nitrogens with one attached hydrogen (secondary N) is 2. The Labute approximate surface area is 128 Å². The average Bonchev–Trinajstić information content (AvgIpc) is 2.88. The number of Topliss-reactive ketones (excluding diaryl/α,β-unsaturated/α-hetero) is 1. The Balaban J connectivity index is 1.83. The van der Waals surface area contributed by atoms with E-state index in [4.69, 9.17) is 4.74 Å². The van der Waals surface area contributed by atoms with E-state index in [1.54, 1.807) is 37.6 Å². The van der Waals surface area contributed by atoms with Gasteiger partial charge in [0.2, 0.25) is 0 Å². The summed E-state index contributed by atoms with van der Waals surface area (Å²) in [7, 11) is 1.59. The van der Waals surface area contributed by atoms with Crippen LogP contribution in [0.25, 0.3) is 0 Å². The minimum Gasteiger partial charge on any atom is -0.497 e. The van der Waals surface area contributed by atoms with Gasteiger partial charge in [-0.15, -0.1) is 0 Å². The van der Waals surface area contributed by atoms with Crippen LogP contribution in [0.5, 0.6) is 5.75 Å². The van der Waals surface area contributed by atoms with Crippen molar-refractivity contribution in [2.45, 2.75) is 25.7 Å². The minimum absolute atomic E-state index is 0.0497. The number of methoxy groups -OCH3 is 1. The van der Waals surface area contributed by atoms with E-state index in [0.717, 1.165) is 30.7 Å². The molecular weight excluding hydrogens is 280 g/mol. The van der Waals surface area contributed by atoms with E-state index in [9.17, 15) is 9.59 Å². The van der Waals surface area contributed by atoms with Gasteiger partial charge in [-0.2, -0.15) is 0 Å². The van der Waals surface area contributed by atoms with Crippen LogP contribution in [-0.4, -0.2) is 23.8 Å². The fourth-order valence-corrected chi connectivity index (χ4v) is 2.75. The van der Waals surface area contributed by atoms with Crippen LogP contribution in [0.2, 0.25) is 0 Å². The molecule has 2 aromatic rings. The van der Waals surface area contributed by atoms with Gasteiger partial charge in [0, 0.05) is 24.0 Å². The molecule has 0 fully saturated rings. The van der Waals surface area contributed by atoms with Crippen molar-refractivity contribution in [2.75, 3.05) is 12.4 Å². The minimum atomic E-state index is -0.266. The van der Waals surface area contributed by atoms with E-state index in [0.29, 0.717) is 23.2 Å². The standard InChI is InChI=1S/C17H18N2O3/c1-22-12-8-6-11(7-9-12)19-17(21)13-10-18-14-4-2-3-5-15(20)16(13)14/h6-10,18H,2-5H2,1H3,(H,19,21). The van der Waals surface area contributed by atoms with E-state index in [-0.39, 0.29) is 11.7 Å². The zero-order valence-electron chi connectivity index (χ0n) is 12.4. The van der Waals surface area contributed by atoms with Crippen LogP contribution in [0.3, 0.4) is 0 Å². The first-order valence-electron chi connectivity index (χ1n) is 7.38. The Hall–Kier alpha value is -2.56. The second-order valence-electron chi connectivity index (χ2n) is 5.37. The summed E-state index contributed by atoms with van der Waals surface area (Å²) in [6.45, 7) is 0. The Bertz CT molecular complexity index is 701. The maximum Gasteiger partial charge on any atom is 0.257 e. The molecule has 1 aromatic heterocycles. The molecule has 0 saturated carbocycles. The predicted molar refractivity (Wildman–Crippen MR) is 83.6 cm³/mol. The predicted octanol–water partition coefficient (Wildman–Crippen LogP) is 3.18. The molecular formula is C17H18N2O3. The molecule has 114 valence electrons. The number of aryl methyl sites for hydroxylation is 1. The van der Waals surface area contributed by atoms with Gasteiger partial charge in [0.1, 0.15) is 5.75 Å². The number of ether oxygens (including phenoxy) is 1. The first-order valence-corrected chi connectivity index (χ1v) is 7.38. The van der Waals surface area contributed by atoms with Crippen LogP contribution in [0.15, 0.2) is 30.5 Å². The number of rotatable bonds is 3. The molecule has 0 atom stereocenters. The molecule has 3 rings (SSSR count). The van der Waals surface area contributed by atoms with Crippen LogP contribution in [0, 0.1) is 0 Å². The molecule has 5 nitrogen and oxygen atoms in total. The molecule has 0 spiro atoms. The summed E-state index contributed by atoms with van der Waals surface area (Å²) in [4.78, 5) is 27.7. The largest absolute Gasteiger partial charge is 0.497 e. The summed E-state index contributed by atoms with van der Waals surface area (Å²) >= 11 is 0. The molecule has 0 unspecified atom stereocenters. The van der Waals surface area contributed by atoms with Gasteiger partial charge in [-0.1, -0.05) is 0 Å². The van der Waals surface area contributed by atoms with Crippen molar-refractivity contribution >= 4 is 17.4 Å². The zero-order valence-corrected chi connectivity index (χ0v) is 12.4. The maximum absolute atomic E-state index is 12.4. The van der Waals surface area contributed by atoms with Gasteiger partial charge in [0.15, 0.2) is 5.78 Å². The number of amides is 1. The second-order valence-corrected chi connectivity index (χ2v) is 5.37. The van der Waals surface area contributed by atoms with Gasteiger partial charge in [-0.25, -0.2) is 0 Å². The summed E-state index contributed by atoms with van der Waals surface area (Å²) in [6, 6.07) is 7.09. The number of benzene rings is 1. The molecule has 0 saturated heterocycles. The Morgan fingerprint density at radius 2 is 1.91 bits per heavy atom. The van der Waals surface area contributed by atoms with Crippen LogP contribution >= 0.6 is 0 Å². The maximum atomic E-state index is 12.4. The molecule has 1 aliphatic carbocycles. The monoisotopic (exact) mass is 298 g/mol. The van der Waals surface area contributed by atoms with E-state index in [1.165, 1.54) is 0 Å². The lowest BCUT2D eigenvalue weighted by atomic mass is 10.0. The van der Waals surface area contributed by atoms with E-state index >= 15 is 0 Å². The summed E-state index contributed by atoms with van der Waals surface area (Å²) < 4.78 is 5.09. The number of carbonyl (C=O) groups is 2. The number of carbonyl (C=O) groups excluding carboxylic acids is 2. The molecule has 1 amide bonds. The van der Waals surface area contributed by atoms with Gasteiger partial charge in [-0.3, -0.25) is 9.59 Å². The number of aromatic nitrogens is 1. The average molecular weight is 298 g/mol. The summed E-state index contributed by atoms with van der Waals surface area (Å²) in [5.41, 5.74) is 2.53. The smallest absolute Gasteiger partial charge is 0.257 e. The molecule has 2 N–H and O–H groups in total. The first kappa shape index (κ1) is 14.4. The number of ketones is 1. The highest BCUT2D eigenvalue weighted by Gasteiger charge is 2.24. The quantitative estimate of drug-likeness (QED) is 0.855. The van der Waals surface area contributed by atoms with Crippen molar-refractivity contribution in [3.8, 4) is 5.75 Å². The van der Waals surface area contributed by atoms with E-state index in [1.807, 2.05) is 0 Å². The van der Waals surface area contributed by atoms with Gasteiger partial charge < -0.3 is 15.0 Å². The third-order valence-corrected chi connectivity index (χ3v) is 3.91. The van der Waals surface area contributed by atoms with Gasteiger partial charge in [0.05, 0.1) is 18.2 Å². The van der Waals surface area contributed by atoms with Gasteiger partial charge >= 0.3 is 0 Å². The third-order valence-electron chi connectivity index (χ3n) is 3.91. The number of hydrogen-bond acceptors (Lipinski definition) is 3. The highest BCUT2D eigenvalue weighted by Crippen LogP contribution is 2.24. The highest BCUT2D eigenvalue weighted by molar-refractivity contribution is 6.13. The Kier molecular flexibility index (Phi) is 3.96. The first-order chi connectivity index (χ1) is 10.7.